The SMILES string of the molecule is CCOC(=O)CN(CC(F)(F)c1ccccc1)C1CC1. The Morgan fingerprint density at radius 3 is 2.55 bits per heavy atom. The molecule has 0 atom stereocenters. The van der Waals surface area contributed by atoms with Gasteiger partial charge in [-0.2, -0.15) is 8.78 Å². The number of benzene rings is 1. The molecule has 1 aliphatic carbocycles. The molecule has 0 radical (unpaired) electrons. The lowest BCUT2D eigenvalue weighted by atomic mass is 10.1. The molecule has 1 aromatic carbocycles. The third kappa shape index (κ3) is 4.00. The average molecular weight is 283 g/mol. The molecule has 0 unspecified atom stereocenters. The normalized spacial score (nSPS) is 15.4. The fraction of sp³-hybridized carbons (Fsp3) is 0.533. The van der Waals surface area contributed by atoms with E-state index in [4.69, 9.17) is 4.74 Å². The number of carbonyl (C=O) groups is 1. The minimum atomic E-state index is -2.96. The highest BCUT2D eigenvalue weighted by atomic mass is 19.3. The fourth-order valence-electron chi connectivity index (χ4n) is 2.15. The second-order valence-electron chi connectivity index (χ2n) is 5.01. The van der Waals surface area contributed by atoms with Crippen molar-refractivity contribution >= 4 is 5.97 Å². The number of hydrogen-bond donors (Lipinski definition) is 0. The van der Waals surface area contributed by atoms with Gasteiger partial charge in [-0.05, 0) is 19.8 Å². The van der Waals surface area contributed by atoms with Crippen LogP contribution in [0.3, 0.4) is 0 Å². The maximum absolute atomic E-state index is 14.2. The van der Waals surface area contributed by atoms with Crippen LogP contribution >= 0.6 is 0 Å². The molecule has 1 aliphatic rings. The van der Waals surface area contributed by atoms with Crippen LogP contribution < -0.4 is 0 Å². The third-order valence-electron chi connectivity index (χ3n) is 3.30. The fourth-order valence-corrected chi connectivity index (χ4v) is 2.15. The minimum absolute atomic E-state index is 0.0190. The number of carbonyl (C=O) groups excluding carboxylic acids is 1. The van der Waals surface area contributed by atoms with E-state index in [9.17, 15) is 13.6 Å². The molecule has 0 amide bonds. The molecule has 110 valence electrons. The van der Waals surface area contributed by atoms with Crippen molar-refractivity contribution in [1.29, 1.82) is 0 Å². The summed E-state index contributed by atoms with van der Waals surface area (Å²) in [5, 5.41) is 0. The first kappa shape index (κ1) is 14.9. The first-order valence-electron chi connectivity index (χ1n) is 6.86. The van der Waals surface area contributed by atoms with Crippen molar-refractivity contribution in [3.63, 3.8) is 0 Å². The van der Waals surface area contributed by atoms with Crippen LogP contribution in [0.5, 0.6) is 0 Å². The number of alkyl halides is 2. The zero-order valence-electron chi connectivity index (χ0n) is 11.5. The zero-order valence-corrected chi connectivity index (χ0v) is 11.5. The van der Waals surface area contributed by atoms with Crippen molar-refractivity contribution in [2.24, 2.45) is 0 Å². The Morgan fingerprint density at radius 2 is 2.00 bits per heavy atom. The van der Waals surface area contributed by atoms with Crippen molar-refractivity contribution in [1.82, 2.24) is 4.90 Å². The van der Waals surface area contributed by atoms with Crippen LogP contribution in [0.15, 0.2) is 30.3 Å². The van der Waals surface area contributed by atoms with Gasteiger partial charge in [-0.3, -0.25) is 9.69 Å². The lowest BCUT2D eigenvalue weighted by molar-refractivity contribution is -0.146. The lowest BCUT2D eigenvalue weighted by Gasteiger charge is -2.26. The first-order chi connectivity index (χ1) is 9.53. The van der Waals surface area contributed by atoms with Gasteiger partial charge in [0.25, 0.3) is 5.92 Å². The van der Waals surface area contributed by atoms with E-state index in [0.29, 0.717) is 0 Å². The molecule has 20 heavy (non-hydrogen) atoms. The molecule has 0 aliphatic heterocycles. The molecule has 1 aromatic rings. The molecule has 5 heteroatoms. The van der Waals surface area contributed by atoms with Crippen molar-refractivity contribution in [3.8, 4) is 0 Å². The number of hydrogen-bond acceptors (Lipinski definition) is 3. The van der Waals surface area contributed by atoms with Gasteiger partial charge in [0, 0.05) is 11.6 Å². The van der Waals surface area contributed by atoms with Gasteiger partial charge in [-0.15, -0.1) is 0 Å². The van der Waals surface area contributed by atoms with E-state index >= 15 is 0 Å². The molecule has 2 rings (SSSR count). The van der Waals surface area contributed by atoms with Crippen molar-refractivity contribution in [2.45, 2.75) is 31.7 Å². The molecule has 1 saturated carbocycles. The second kappa shape index (κ2) is 6.31. The molecular weight excluding hydrogens is 264 g/mol. The molecule has 0 N–H and O–H groups in total. The quantitative estimate of drug-likeness (QED) is 0.721. The summed E-state index contributed by atoms with van der Waals surface area (Å²) in [4.78, 5) is 13.0. The smallest absolute Gasteiger partial charge is 0.320 e. The zero-order chi connectivity index (χ0) is 14.6. The van der Waals surface area contributed by atoms with Gasteiger partial charge in [0.2, 0.25) is 0 Å². The largest absolute Gasteiger partial charge is 0.465 e. The number of halogens is 2. The van der Waals surface area contributed by atoms with Gasteiger partial charge >= 0.3 is 5.97 Å². The summed E-state index contributed by atoms with van der Waals surface area (Å²) in [6, 6.07) is 7.79. The monoisotopic (exact) mass is 283 g/mol. The van der Waals surface area contributed by atoms with E-state index in [1.165, 1.54) is 17.0 Å². The first-order valence-corrected chi connectivity index (χ1v) is 6.86. The van der Waals surface area contributed by atoms with Crippen LogP contribution in [-0.4, -0.2) is 36.6 Å². The highest BCUT2D eigenvalue weighted by molar-refractivity contribution is 5.71. The Labute approximate surface area is 117 Å². The van der Waals surface area contributed by atoms with Gasteiger partial charge in [0.05, 0.1) is 19.7 Å². The summed E-state index contributed by atoms with van der Waals surface area (Å²) in [5.74, 6) is -3.40. The van der Waals surface area contributed by atoms with Crippen molar-refractivity contribution in [2.75, 3.05) is 19.7 Å². The summed E-state index contributed by atoms with van der Waals surface area (Å²) in [5.41, 5.74) is -0.0190. The van der Waals surface area contributed by atoms with E-state index in [-0.39, 0.29) is 24.8 Å². The van der Waals surface area contributed by atoms with E-state index in [2.05, 4.69) is 0 Å². The summed E-state index contributed by atoms with van der Waals surface area (Å²) >= 11 is 0. The summed E-state index contributed by atoms with van der Waals surface area (Å²) in [7, 11) is 0. The van der Waals surface area contributed by atoms with Crippen LogP contribution in [0, 0.1) is 0 Å². The standard InChI is InChI=1S/C15H19F2NO2/c1-2-20-14(19)10-18(13-8-9-13)11-15(16,17)12-6-4-3-5-7-12/h3-7,13H,2,8-11H2,1H3. The Bertz CT molecular complexity index is 446. The Hall–Kier alpha value is -1.49. The highest BCUT2D eigenvalue weighted by Crippen LogP contribution is 2.34. The maximum Gasteiger partial charge on any atom is 0.320 e. The molecule has 0 saturated heterocycles. The summed E-state index contributed by atoms with van der Waals surface area (Å²) in [6.45, 7) is 1.46. The summed E-state index contributed by atoms with van der Waals surface area (Å²) < 4.78 is 33.3. The number of ether oxygens (including phenoxy) is 1. The Balaban J connectivity index is 2.02. The van der Waals surface area contributed by atoms with Crippen molar-refractivity contribution in [3.05, 3.63) is 35.9 Å². The topological polar surface area (TPSA) is 29.5 Å². The van der Waals surface area contributed by atoms with Gasteiger partial charge in [-0.25, -0.2) is 0 Å². The number of nitrogens with zero attached hydrogens (tertiary/aromatic N) is 1. The number of esters is 1. The maximum atomic E-state index is 14.2. The van der Waals surface area contributed by atoms with Crippen LogP contribution in [0.2, 0.25) is 0 Å². The van der Waals surface area contributed by atoms with Crippen LogP contribution in [-0.2, 0) is 15.5 Å². The Morgan fingerprint density at radius 1 is 1.35 bits per heavy atom. The lowest BCUT2D eigenvalue weighted by Crippen LogP contribution is -2.40. The third-order valence-corrected chi connectivity index (χ3v) is 3.30. The molecule has 0 spiro atoms. The molecule has 3 nitrogen and oxygen atoms in total. The van der Waals surface area contributed by atoms with Gasteiger partial charge in [0.1, 0.15) is 0 Å². The summed E-state index contributed by atoms with van der Waals surface area (Å²) in [6.07, 6.45) is 1.73. The molecule has 1 fully saturated rings. The van der Waals surface area contributed by atoms with Crippen LogP contribution in [0.4, 0.5) is 8.78 Å². The van der Waals surface area contributed by atoms with Gasteiger partial charge < -0.3 is 4.74 Å². The highest BCUT2D eigenvalue weighted by Gasteiger charge is 2.40. The van der Waals surface area contributed by atoms with E-state index in [1.807, 2.05) is 0 Å². The predicted molar refractivity (Wildman–Crippen MR) is 71.6 cm³/mol. The van der Waals surface area contributed by atoms with Crippen LogP contribution in [0.25, 0.3) is 0 Å². The number of rotatable bonds is 7. The van der Waals surface area contributed by atoms with E-state index in [1.54, 1.807) is 25.1 Å². The average Bonchev–Trinajstić information content (AvgIpc) is 3.23. The minimum Gasteiger partial charge on any atom is -0.465 e. The van der Waals surface area contributed by atoms with Gasteiger partial charge in [0.15, 0.2) is 0 Å². The molecular formula is C15H19F2NO2. The second-order valence-corrected chi connectivity index (χ2v) is 5.01. The van der Waals surface area contributed by atoms with E-state index < -0.39 is 18.4 Å². The molecule has 0 heterocycles. The molecule has 0 aromatic heterocycles. The van der Waals surface area contributed by atoms with E-state index in [0.717, 1.165) is 12.8 Å². The predicted octanol–water partition coefficient (Wildman–Crippen LogP) is 2.81. The van der Waals surface area contributed by atoms with Crippen LogP contribution in [0.1, 0.15) is 25.3 Å². The van der Waals surface area contributed by atoms with Crippen molar-refractivity contribution < 1.29 is 18.3 Å². The van der Waals surface area contributed by atoms with Gasteiger partial charge in [-0.1, -0.05) is 30.3 Å². The Kier molecular flexibility index (Phi) is 4.70. The molecule has 0 bridgehead atoms.